The lowest BCUT2D eigenvalue weighted by Crippen LogP contribution is -2.50. The summed E-state index contributed by atoms with van der Waals surface area (Å²) < 4.78 is 10.8. The molecule has 4 heteroatoms. The van der Waals surface area contributed by atoms with Crippen LogP contribution < -0.4 is 10.5 Å². The Morgan fingerprint density at radius 1 is 1.44 bits per heavy atom. The highest BCUT2D eigenvalue weighted by molar-refractivity contribution is 6.32. The van der Waals surface area contributed by atoms with Gasteiger partial charge >= 0.3 is 0 Å². The van der Waals surface area contributed by atoms with Gasteiger partial charge in [-0.05, 0) is 43.0 Å². The molecule has 2 N–H and O–H groups in total. The van der Waals surface area contributed by atoms with Gasteiger partial charge < -0.3 is 15.2 Å². The zero-order valence-electron chi connectivity index (χ0n) is 11.2. The molecule has 1 fully saturated rings. The highest BCUT2D eigenvalue weighted by Crippen LogP contribution is 2.38. The fourth-order valence-electron chi connectivity index (χ4n) is 2.42. The van der Waals surface area contributed by atoms with Crippen LogP contribution in [-0.4, -0.2) is 26.9 Å². The number of hydrogen-bond acceptors (Lipinski definition) is 3. The smallest absolute Gasteiger partial charge is 0.122 e. The SMILES string of the molecule is COc1cc(C)c(Cl)c(C)c1CC1(CN)COC1. The molecule has 0 radical (unpaired) electrons. The predicted molar refractivity (Wildman–Crippen MR) is 73.5 cm³/mol. The summed E-state index contributed by atoms with van der Waals surface area (Å²) >= 11 is 6.33. The summed E-state index contributed by atoms with van der Waals surface area (Å²) in [6.45, 7) is 6.10. The van der Waals surface area contributed by atoms with Crippen molar-refractivity contribution >= 4 is 11.6 Å². The summed E-state index contributed by atoms with van der Waals surface area (Å²) in [5.74, 6) is 0.897. The van der Waals surface area contributed by atoms with Crippen molar-refractivity contribution in [1.29, 1.82) is 0 Å². The summed E-state index contributed by atoms with van der Waals surface area (Å²) in [7, 11) is 1.69. The van der Waals surface area contributed by atoms with Gasteiger partial charge in [0.25, 0.3) is 0 Å². The maximum atomic E-state index is 6.33. The van der Waals surface area contributed by atoms with E-state index < -0.39 is 0 Å². The van der Waals surface area contributed by atoms with E-state index in [0.717, 1.165) is 47.1 Å². The molecule has 0 aromatic heterocycles. The quantitative estimate of drug-likeness (QED) is 0.913. The third kappa shape index (κ3) is 2.22. The molecule has 0 spiro atoms. The van der Waals surface area contributed by atoms with E-state index in [1.54, 1.807) is 7.11 Å². The van der Waals surface area contributed by atoms with Crippen molar-refractivity contribution < 1.29 is 9.47 Å². The Hall–Kier alpha value is -0.770. The molecule has 1 heterocycles. The van der Waals surface area contributed by atoms with Crippen molar-refractivity contribution in [2.75, 3.05) is 26.9 Å². The number of methoxy groups -OCH3 is 1. The van der Waals surface area contributed by atoms with Gasteiger partial charge in [0.15, 0.2) is 0 Å². The number of aryl methyl sites for hydroxylation is 1. The van der Waals surface area contributed by atoms with E-state index in [1.165, 1.54) is 0 Å². The monoisotopic (exact) mass is 269 g/mol. The Morgan fingerprint density at radius 2 is 2.11 bits per heavy atom. The number of hydrogen-bond donors (Lipinski definition) is 1. The minimum absolute atomic E-state index is 0.0522. The third-order valence-electron chi connectivity index (χ3n) is 3.79. The lowest BCUT2D eigenvalue weighted by atomic mass is 9.78. The lowest BCUT2D eigenvalue weighted by Gasteiger charge is -2.41. The van der Waals surface area contributed by atoms with Crippen LogP contribution in [0.15, 0.2) is 6.07 Å². The normalized spacial score (nSPS) is 17.4. The van der Waals surface area contributed by atoms with E-state index in [2.05, 4.69) is 0 Å². The summed E-state index contributed by atoms with van der Waals surface area (Å²) in [6.07, 6.45) is 0.860. The maximum absolute atomic E-state index is 6.33. The van der Waals surface area contributed by atoms with Gasteiger partial charge in [-0.3, -0.25) is 0 Å². The largest absolute Gasteiger partial charge is 0.496 e. The van der Waals surface area contributed by atoms with Gasteiger partial charge in [-0.25, -0.2) is 0 Å². The van der Waals surface area contributed by atoms with Crippen LogP contribution in [-0.2, 0) is 11.2 Å². The van der Waals surface area contributed by atoms with Gasteiger partial charge in [0.1, 0.15) is 5.75 Å². The average Bonchev–Trinajstić information content (AvgIpc) is 2.33. The van der Waals surface area contributed by atoms with Gasteiger partial charge in [-0.2, -0.15) is 0 Å². The van der Waals surface area contributed by atoms with Crippen LogP contribution >= 0.6 is 11.6 Å². The molecule has 0 amide bonds. The van der Waals surface area contributed by atoms with Crippen molar-refractivity contribution in [3.63, 3.8) is 0 Å². The molecule has 0 aliphatic carbocycles. The second-order valence-corrected chi connectivity index (χ2v) is 5.56. The fourth-order valence-corrected chi connectivity index (χ4v) is 2.59. The van der Waals surface area contributed by atoms with E-state index in [4.69, 9.17) is 26.8 Å². The van der Waals surface area contributed by atoms with E-state index in [-0.39, 0.29) is 5.41 Å². The average molecular weight is 270 g/mol. The molecule has 100 valence electrons. The summed E-state index contributed by atoms with van der Waals surface area (Å²) in [5, 5.41) is 0.818. The molecule has 0 atom stereocenters. The molecular weight excluding hydrogens is 250 g/mol. The summed E-state index contributed by atoms with van der Waals surface area (Å²) in [6, 6.07) is 1.99. The first kappa shape index (κ1) is 13.7. The lowest BCUT2D eigenvalue weighted by molar-refractivity contribution is -0.106. The standard InChI is InChI=1S/C14H20ClNO2/c1-9-4-12(17-3)11(10(2)13(9)15)5-14(6-16)7-18-8-14/h4H,5-8,16H2,1-3H3. The molecule has 2 rings (SSSR count). The first-order chi connectivity index (χ1) is 8.53. The first-order valence-electron chi connectivity index (χ1n) is 6.13. The van der Waals surface area contributed by atoms with E-state index >= 15 is 0 Å². The summed E-state index contributed by atoms with van der Waals surface area (Å²) in [4.78, 5) is 0. The van der Waals surface area contributed by atoms with Gasteiger partial charge in [-0.1, -0.05) is 11.6 Å². The number of rotatable bonds is 4. The predicted octanol–water partition coefficient (Wildman–Crippen LogP) is 2.48. The van der Waals surface area contributed by atoms with Crippen molar-refractivity contribution in [2.45, 2.75) is 20.3 Å². The molecule has 1 aliphatic heterocycles. The van der Waals surface area contributed by atoms with Gasteiger partial charge in [0.05, 0.1) is 20.3 Å². The molecule has 1 aliphatic rings. The first-order valence-corrected chi connectivity index (χ1v) is 6.51. The topological polar surface area (TPSA) is 44.5 Å². The minimum atomic E-state index is 0.0522. The van der Waals surface area contributed by atoms with Gasteiger partial charge in [0.2, 0.25) is 0 Å². The highest BCUT2D eigenvalue weighted by atomic mass is 35.5. The van der Waals surface area contributed by atoms with Gasteiger partial charge in [0, 0.05) is 17.0 Å². The molecular formula is C14H20ClNO2. The number of nitrogens with two attached hydrogens (primary N) is 1. The maximum Gasteiger partial charge on any atom is 0.122 e. The zero-order chi connectivity index (χ0) is 13.3. The number of ether oxygens (including phenoxy) is 2. The van der Waals surface area contributed by atoms with Crippen LogP contribution in [0.3, 0.4) is 0 Å². The minimum Gasteiger partial charge on any atom is -0.496 e. The van der Waals surface area contributed by atoms with Crippen LogP contribution in [0.5, 0.6) is 5.75 Å². The van der Waals surface area contributed by atoms with Crippen molar-refractivity contribution in [2.24, 2.45) is 11.1 Å². The van der Waals surface area contributed by atoms with Crippen LogP contribution in [0.2, 0.25) is 5.02 Å². The van der Waals surface area contributed by atoms with Crippen molar-refractivity contribution in [1.82, 2.24) is 0 Å². The van der Waals surface area contributed by atoms with Crippen LogP contribution in [0.4, 0.5) is 0 Å². The second kappa shape index (κ2) is 5.08. The third-order valence-corrected chi connectivity index (χ3v) is 4.38. The fraction of sp³-hybridized carbons (Fsp3) is 0.571. The Morgan fingerprint density at radius 3 is 2.56 bits per heavy atom. The van der Waals surface area contributed by atoms with E-state index in [0.29, 0.717) is 6.54 Å². The molecule has 1 saturated heterocycles. The van der Waals surface area contributed by atoms with Crippen molar-refractivity contribution in [3.05, 3.63) is 27.8 Å². The molecule has 0 saturated carbocycles. The number of benzene rings is 1. The second-order valence-electron chi connectivity index (χ2n) is 5.19. The van der Waals surface area contributed by atoms with Gasteiger partial charge in [-0.15, -0.1) is 0 Å². The Labute approximate surface area is 113 Å². The van der Waals surface area contributed by atoms with Crippen LogP contribution in [0.25, 0.3) is 0 Å². The Bertz CT molecular complexity index is 450. The molecule has 18 heavy (non-hydrogen) atoms. The molecule has 0 unspecified atom stereocenters. The Kier molecular flexibility index (Phi) is 3.85. The van der Waals surface area contributed by atoms with E-state index in [9.17, 15) is 0 Å². The Balaban J connectivity index is 2.40. The molecule has 1 aromatic carbocycles. The highest BCUT2D eigenvalue weighted by Gasteiger charge is 2.38. The molecule has 0 bridgehead atoms. The molecule has 1 aromatic rings. The molecule has 3 nitrogen and oxygen atoms in total. The van der Waals surface area contributed by atoms with Crippen LogP contribution in [0.1, 0.15) is 16.7 Å². The van der Waals surface area contributed by atoms with Crippen molar-refractivity contribution in [3.8, 4) is 5.75 Å². The van der Waals surface area contributed by atoms with Crippen LogP contribution in [0, 0.1) is 19.3 Å². The van der Waals surface area contributed by atoms with E-state index in [1.807, 2.05) is 19.9 Å². The number of halogens is 1. The zero-order valence-corrected chi connectivity index (χ0v) is 11.9. The summed E-state index contributed by atoms with van der Waals surface area (Å²) in [5.41, 5.74) is 9.21.